The van der Waals surface area contributed by atoms with Gasteiger partial charge in [-0.2, -0.15) is 0 Å². The van der Waals surface area contributed by atoms with E-state index < -0.39 is 0 Å². The molecule has 0 heterocycles. The van der Waals surface area contributed by atoms with Gasteiger partial charge in [-0.05, 0) is 36.0 Å². The molecule has 1 atom stereocenters. The number of hydrogen-bond acceptors (Lipinski definition) is 0. The quantitative estimate of drug-likeness (QED) is 0.501. The molecule has 3 rings (SSSR count). The predicted molar refractivity (Wildman–Crippen MR) is 59.9 cm³/mol. The summed E-state index contributed by atoms with van der Waals surface area (Å²) in [4.78, 5) is 0. The Kier molecular flexibility index (Phi) is 1.80. The third kappa shape index (κ3) is 1.14. The van der Waals surface area contributed by atoms with E-state index in [1.54, 1.807) is 11.1 Å². The van der Waals surface area contributed by atoms with Crippen molar-refractivity contribution in [3.05, 3.63) is 59.3 Å². The molecule has 0 amide bonds. The maximum absolute atomic E-state index is 2.39. The molecule has 14 heavy (non-hydrogen) atoms. The van der Waals surface area contributed by atoms with Crippen LogP contribution in [0.5, 0.6) is 0 Å². The van der Waals surface area contributed by atoms with E-state index in [0.29, 0.717) is 5.92 Å². The van der Waals surface area contributed by atoms with Gasteiger partial charge in [0.05, 0.1) is 0 Å². The Hall–Kier alpha value is -1.30. The molecule has 0 saturated carbocycles. The molecule has 0 saturated heterocycles. The van der Waals surface area contributed by atoms with Crippen LogP contribution < -0.4 is 0 Å². The van der Waals surface area contributed by atoms with E-state index in [-0.39, 0.29) is 0 Å². The van der Waals surface area contributed by atoms with Crippen LogP contribution in [0.15, 0.2) is 59.3 Å². The second-order valence-corrected chi connectivity index (χ2v) is 4.08. The van der Waals surface area contributed by atoms with Gasteiger partial charge in [0, 0.05) is 5.92 Å². The van der Waals surface area contributed by atoms with E-state index in [1.807, 2.05) is 0 Å². The molecule has 0 aromatic rings. The largest absolute Gasteiger partial charge is 0.0838 e. The molecule has 0 radical (unpaired) electrons. The zero-order valence-corrected chi connectivity index (χ0v) is 8.24. The van der Waals surface area contributed by atoms with Crippen molar-refractivity contribution >= 4 is 0 Å². The molecule has 70 valence electrons. The Balaban J connectivity index is 2.08. The van der Waals surface area contributed by atoms with Gasteiger partial charge in [0.1, 0.15) is 0 Å². The van der Waals surface area contributed by atoms with Gasteiger partial charge in [0.25, 0.3) is 0 Å². The van der Waals surface area contributed by atoms with Gasteiger partial charge >= 0.3 is 0 Å². The Bertz CT molecular complexity index is 400. The van der Waals surface area contributed by atoms with Crippen molar-refractivity contribution in [3.63, 3.8) is 0 Å². The standard InChI is InChI=1S/C14H14/c1-3-7-13-11(5-1)9-10-12-6-2-4-8-14(12)13/h1-2,5-7,9-11H,3-4,8H2. The van der Waals surface area contributed by atoms with Crippen molar-refractivity contribution in [2.45, 2.75) is 19.3 Å². The molecule has 0 aliphatic heterocycles. The van der Waals surface area contributed by atoms with E-state index in [9.17, 15) is 0 Å². The van der Waals surface area contributed by atoms with Gasteiger partial charge < -0.3 is 0 Å². The molecule has 0 N–H and O–H groups in total. The van der Waals surface area contributed by atoms with Crippen LogP contribution in [0.2, 0.25) is 0 Å². The highest BCUT2D eigenvalue weighted by Crippen LogP contribution is 2.37. The second-order valence-electron chi connectivity index (χ2n) is 4.08. The molecule has 3 aliphatic rings. The molecule has 3 aliphatic carbocycles. The first kappa shape index (κ1) is 8.05. The lowest BCUT2D eigenvalue weighted by Crippen LogP contribution is -2.11. The van der Waals surface area contributed by atoms with Gasteiger partial charge in [0.15, 0.2) is 0 Å². The van der Waals surface area contributed by atoms with Crippen LogP contribution in [-0.4, -0.2) is 0 Å². The molecule has 0 fully saturated rings. The normalized spacial score (nSPS) is 28.6. The summed E-state index contributed by atoms with van der Waals surface area (Å²) in [6, 6.07) is 0. The first-order valence-electron chi connectivity index (χ1n) is 5.40. The van der Waals surface area contributed by atoms with Crippen molar-refractivity contribution in [2.24, 2.45) is 5.92 Å². The number of hydrogen-bond donors (Lipinski definition) is 0. The summed E-state index contributed by atoms with van der Waals surface area (Å²) in [5, 5.41) is 0. The highest BCUT2D eigenvalue weighted by atomic mass is 14.3. The first-order valence-corrected chi connectivity index (χ1v) is 5.40. The van der Waals surface area contributed by atoms with E-state index in [1.165, 1.54) is 18.4 Å². The van der Waals surface area contributed by atoms with E-state index >= 15 is 0 Å². The zero-order chi connectivity index (χ0) is 9.38. The SMILES string of the molecule is C1=CC2C=CC3=C(CCC=C3)C2=CC1. The predicted octanol–water partition coefficient (Wildman–Crippen LogP) is 3.71. The summed E-state index contributed by atoms with van der Waals surface area (Å²) in [6.07, 6.45) is 19.7. The van der Waals surface area contributed by atoms with Crippen molar-refractivity contribution in [3.8, 4) is 0 Å². The molecular weight excluding hydrogens is 168 g/mol. The zero-order valence-electron chi connectivity index (χ0n) is 8.24. The minimum absolute atomic E-state index is 0.564. The van der Waals surface area contributed by atoms with Crippen molar-refractivity contribution in [2.75, 3.05) is 0 Å². The van der Waals surface area contributed by atoms with Gasteiger partial charge in [0.2, 0.25) is 0 Å². The molecular formula is C14H14. The summed E-state index contributed by atoms with van der Waals surface area (Å²) < 4.78 is 0. The summed E-state index contributed by atoms with van der Waals surface area (Å²) in [5.41, 5.74) is 4.59. The maximum Gasteiger partial charge on any atom is 0.0202 e. The summed E-state index contributed by atoms with van der Waals surface area (Å²) >= 11 is 0. The first-order chi connectivity index (χ1) is 6.95. The van der Waals surface area contributed by atoms with Crippen LogP contribution in [0.25, 0.3) is 0 Å². The second kappa shape index (κ2) is 3.13. The molecule has 1 unspecified atom stereocenters. The lowest BCUT2D eigenvalue weighted by Gasteiger charge is -2.27. The Morgan fingerprint density at radius 1 is 1.07 bits per heavy atom. The molecule has 0 aromatic heterocycles. The minimum Gasteiger partial charge on any atom is -0.0838 e. The maximum atomic E-state index is 2.39. The van der Waals surface area contributed by atoms with E-state index in [2.05, 4.69) is 42.5 Å². The number of rotatable bonds is 0. The highest BCUT2D eigenvalue weighted by Gasteiger charge is 2.21. The average Bonchev–Trinajstić information content (AvgIpc) is 2.29. The minimum atomic E-state index is 0.564. The van der Waals surface area contributed by atoms with Crippen molar-refractivity contribution < 1.29 is 0 Å². The fraction of sp³-hybridized carbons (Fsp3) is 0.286. The molecule has 0 heteroatoms. The molecule has 0 bridgehead atoms. The van der Waals surface area contributed by atoms with E-state index in [0.717, 1.165) is 6.42 Å². The van der Waals surface area contributed by atoms with Crippen LogP contribution in [0, 0.1) is 5.92 Å². The van der Waals surface area contributed by atoms with Crippen LogP contribution in [0.4, 0.5) is 0 Å². The fourth-order valence-corrected chi connectivity index (χ4v) is 2.51. The van der Waals surface area contributed by atoms with Crippen molar-refractivity contribution in [1.29, 1.82) is 0 Å². The Morgan fingerprint density at radius 2 is 2.07 bits per heavy atom. The van der Waals surface area contributed by atoms with Gasteiger partial charge in [-0.15, -0.1) is 0 Å². The monoisotopic (exact) mass is 182 g/mol. The van der Waals surface area contributed by atoms with Crippen LogP contribution >= 0.6 is 0 Å². The third-order valence-corrected chi connectivity index (χ3v) is 3.21. The smallest absolute Gasteiger partial charge is 0.0202 e. The number of allylic oxidation sites excluding steroid dienone is 10. The average molecular weight is 182 g/mol. The third-order valence-electron chi connectivity index (χ3n) is 3.21. The van der Waals surface area contributed by atoms with Gasteiger partial charge in [-0.3, -0.25) is 0 Å². The van der Waals surface area contributed by atoms with Crippen LogP contribution in [-0.2, 0) is 0 Å². The van der Waals surface area contributed by atoms with Crippen LogP contribution in [0.3, 0.4) is 0 Å². The summed E-state index contributed by atoms with van der Waals surface area (Å²) in [5.74, 6) is 0.564. The number of fused-ring (bicyclic) bond motifs is 2. The molecule has 0 nitrogen and oxygen atoms in total. The molecule has 0 aromatic carbocycles. The lowest BCUT2D eigenvalue weighted by molar-refractivity contribution is 0.849. The van der Waals surface area contributed by atoms with Gasteiger partial charge in [-0.25, -0.2) is 0 Å². The Labute approximate surface area is 85.0 Å². The van der Waals surface area contributed by atoms with Crippen molar-refractivity contribution in [1.82, 2.24) is 0 Å². The summed E-state index contributed by atoms with van der Waals surface area (Å²) in [6.45, 7) is 0. The summed E-state index contributed by atoms with van der Waals surface area (Å²) in [7, 11) is 0. The molecule has 0 spiro atoms. The highest BCUT2D eigenvalue weighted by molar-refractivity contribution is 5.55. The topological polar surface area (TPSA) is 0 Å². The van der Waals surface area contributed by atoms with Gasteiger partial charge in [-0.1, -0.05) is 42.5 Å². The fourth-order valence-electron chi connectivity index (χ4n) is 2.51. The Morgan fingerprint density at radius 3 is 3.07 bits per heavy atom. The lowest BCUT2D eigenvalue weighted by atomic mass is 9.78. The van der Waals surface area contributed by atoms with Crippen LogP contribution in [0.1, 0.15) is 19.3 Å². The van der Waals surface area contributed by atoms with E-state index in [4.69, 9.17) is 0 Å².